The first-order valence-electron chi connectivity index (χ1n) is 2.68. The topological polar surface area (TPSA) is 58.9 Å². The van der Waals surface area contributed by atoms with E-state index in [4.69, 9.17) is 5.11 Å². The van der Waals surface area contributed by atoms with Crippen molar-refractivity contribution in [3.8, 4) is 0 Å². The zero-order valence-corrected chi connectivity index (χ0v) is 5.51. The van der Waals surface area contributed by atoms with Gasteiger partial charge in [0.15, 0.2) is 0 Å². The van der Waals surface area contributed by atoms with E-state index in [2.05, 4.69) is 21.5 Å². The number of nitrogens with zero attached hydrogens (tertiary/aromatic N) is 3. The Balaban J connectivity index is 0.000000180. The fourth-order valence-corrected chi connectivity index (χ4v) is 0.205. The lowest BCUT2D eigenvalue weighted by atomic mass is 10.7. The number of hydrogen-bond donors (Lipinski definition) is 1. The second-order valence-corrected chi connectivity index (χ2v) is 1.26. The zero-order chi connectivity index (χ0) is 7.66. The molecule has 4 nitrogen and oxygen atoms in total. The smallest absolute Gasteiger partial charge is 0.119 e. The summed E-state index contributed by atoms with van der Waals surface area (Å²) in [5, 5.41) is 7.76. The van der Waals surface area contributed by atoms with E-state index in [1.165, 1.54) is 25.1 Å². The molecule has 0 aliphatic heterocycles. The zero-order valence-electron chi connectivity index (χ0n) is 5.51. The third-order valence-electron chi connectivity index (χ3n) is 0.529. The fourth-order valence-electron chi connectivity index (χ4n) is 0.205. The SMILES string of the molecule is C=CCO.c1ncncn1. The molecular formula is C6H9N3O. The minimum absolute atomic E-state index is 0.0833. The summed E-state index contributed by atoms with van der Waals surface area (Å²) in [5.41, 5.74) is 0. The van der Waals surface area contributed by atoms with Crippen LogP contribution in [-0.2, 0) is 0 Å². The van der Waals surface area contributed by atoms with Gasteiger partial charge in [-0.3, -0.25) is 0 Å². The monoisotopic (exact) mass is 139 g/mol. The van der Waals surface area contributed by atoms with Crippen molar-refractivity contribution >= 4 is 0 Å². The summed E-state index contributed by atoms with van der Waals surface area (Å²) in [6.45, 7) is 3.31. The molecule has 1 rings (SSSR count). The predicted molar refractivity (Wildman–Crippen MR) is 37.1 cm³/mol. The van der Waals surface area contributed by atoms with Gasteiger partial charge in [-0.05, 0) is 0 Å². The van der Waals surface area contributed by atoms with Crippen LogP contribution >= 0.6 is 0 Å². The molecule has 1 N–H and O–H groups in total. The number of aliphatic hydroxyl groups excluding tert-OH is 1. The summed E-state index contributed by atoms with van der Waals surface area (Å²) < 4.78 is 0. The molecule has 1 heterocycles. The Kier molecular flexibility index (Phi) is 6.72. The second-order valence-electron chi connectivity index (χ2n) is 1.26. The first-order chi connectivity index (χ1) is 4.91. The fraction of sp³-hybridized carbons (Fsp3) is 0.167. The molecule has 0 saturated carbocycles. The van der Waals surface area contributed by atoms with Gasteiger partial charge in [-0.2, -0.15) is 0 Å². The summed E-state index contributed by atoms with van der Waals surface area (Å²) in [7, 11) is 0. The van der Waals surface area contributed by atoms with Crippen LogP contribution in [0.5, 0.6) is 0 Å². The standard InChI is InChI=1S/C3H3N3.C3H6O/c1-4-2-6-3-5-1;1-2-3-4/h1-3H;2,4H,1,3H2. The molecule has 0 bridgehead atoms. The molecule has 0 aliphatic carbocycles. The molecule has 0 aromatic carbocycles. The van der Waals surface area contributed by atoms with Crippen molar-refractivity contribution < 1.29 is 5.11 Å². The molecule has 0 spiro atoms. The molecule has 0 atom stereocenters. The van der Waals surface area contributed by atoms with E-state index in [1.54, 1.807) is 0 Å². The molecule has 0 amide bonds. The highest BCUT2D eigenvalue weighted by atomic mass is 16.2. The van der Waals surface area contributed by atoms with E-state index in [0.29, 0.717) is 0 Å². The number of hydrogen-bond acceptors (Lipinski definition) is 4. The van der Waals surface area contributed by atoms with E-state index in [-0.39, 0.29) is 6.61 Å². The summed E-state index contributed by atoms with van der Waals surface area (Å²) in [4.78, 5) is 10.7. The first kappa shape index (κ1) is 8.71. The lowest BCUT2D eigenvalue weighted by molar-refractivity contribution is 0.343. The van der Waals surface area contributed by atoms with Crippen molar-refractivity contribution in [3.63, 3.8) is 0 Å². The summed E-state index contributed by atoms with van der Waals surface area (Å²) in [5.74, 6) is 0. The van der Waals surface area contributed by atoms with Crippen LogP contribution in [0.15, 0.2) is 31.6 Å². The molecule has 1 aromatic rings. The molecule has 0 radical (unpaired) electrons. The van der Waals surface area contributed by atoms with Gasteiger partial charge in [-0.25, -0.2) is 15.0 Å². The van der Waals surface area contributed by atoms with Gasteiger partial charge in [0.2, 0.25) is 0 Å². The lowest BCUT2D eigenvalue weighted by Crippen LogP contribution is -1.73. The highest BCUT2D eigenvalue weighted by Crippen LogP contribution is 1.57. The van der Waals surface area contributed by atoms with E-state index < -0.39 is 0 Å². The van der Waals surface area contributed by atoms with E-state index in [0.717, 1.165) is 0 Å². The summed E-state index contributed by atoms with van der Waals surface area (Å²) in [6, 6.07) is 0. The van der Waals surface area contributed by atoms with E-state index in [9.17, 15) is 0 Å². The molecule has 0 saturated heterocycles. The number of aromatic nitrogens is 3. The Bertz CT molecular complexity index is 128. The van der Waals surface area contributed by atoms with Crippen molar-refractivity contribution in [3.05, 3.63) is 31.6 Å². The van der Waals surface area contributed by atoms with Gasteiger partial charge in [0.1, 0.15) is 19.0 Å². The summed E-state index contributed by atoms with van der Waals surface area (Å²) in [6.07, 6.45) is 5.74. The third kappa shape index (κ3) is 6.71. The van der Waals surface area contributed by atoms with Crippen LogP contribution in [0.2, 0.25) is 0 Å². The van der Waals surface area contributed by atoms with Crippen LogP contribution in [0.3, 0.4) is 0 Å². The number of rotatable bonds is 1. The minimum atomic E-state index is 0.0833. The molecule has 54 valence electrons. The van der Waals surface area contributed by atoms with Crippen molar-refractivity contribution in [2.75, 3.05) is 6.61 Å². The van der Waals surface area contributed by atoms with Crippen LogP contribution in [0, 0.1) is 0 Å². The van der Waals surface area contributed by atoms with Crippen molar-refractivity contribution in [2.45, 2.75) is 0 Å². The van der Waals surface area contributed by atoms with Gasteiger partial charge < -0.3 is 5.11 Å². The van der Waals surface area contributed by atoms with Crippen molar-refractivity contribution in [1.82, 2.24) is 15.0 Å². The number of aliphatic hydroxyl groups is 1. The highest BCUT2D eigenvalue weighted by molar-refractivity contribution is 4.60. The van der Waals surface area contributed by atoms with Crippen LogP contribution in [0.1, 0.15) is 0 Å². The minimum Gasteiger partial charge on any atom is -0.392 e. The average molecular weight is 139 g/mol. The molecule has 4 heteroatoms. The lowest BCUT2D eigenvalue weighted by Gasteiger charge is -1.69. The Hall–Kier alpha value is -1.29. The van der Waals surface area contributed by atoms with Crippen LogP contribution in [0.25, 0.3) is 0 Å². The maximum atomic E-state index is 7.76. The van der Waals surface area contributed by atoms with Gasteiger partial charge in [-0.15, -0.1) is 6.58 Å². The van der Waals surface area contributed by atoms with Crippen LogP contribution < -0.4 is 0 Å². The average Bonchev–Trinajstić information content (AvgIpc) is 2.08. The Morgan fingerprint density at radius 2 is 1.50 bits per heavy atom. The summed E-state index contributed by atoms with van der Waals surface area (Å²) >= 11 is 0. The van der Waals surface area contributed by atoms with Gasteiger partial charge in [0.05, 0.1) is 6.61 Å². The molecule has 1 aromatic heterocycles. The molecule has 0 fully saturated rings. The maximum absolute atomic E-state index is 7.76. The Morgan fingerprint density at radius 1 is 1.20 bits per heavy atom. The van der Waals surface area contributed by atoms with Crippen LogP contribution in [0.4, 0.5) is 0 Å². The highest BCUT2D eigenvalue weighted by Gasteiger charge is 1.59. The van der Waals surface area contributed by atoms with E-state index in [1.807, 2.05) is 0 Å². The maximum Gasteiger partial charge on any atom is 0.119 e. The van der Waals surface area contributed by atoms with Gasteiger partial charge in [-0.1, -0.05) is 6.08 Å². The van der Waals surface area contributed by atoms with Crippen LogP contribution in [-0.4, -0.2) is 26.7 Å². The second kappa shape index (κ2) is 7.71. The molecule has 0 unspecified atom stereocenters. The molecule has 10 heavy (non-hydrogen) atoms. The van der Waals surface area contributed by atoms with E-state index >= 15 is 0 Å². The Labute approximate surface area is 59.3 Å². The van der Waals surface area contributed by atoms with Crippen molar-refractivity contribution in [1.29, 1.82) is 0 Å². The third-order valence-corrected chi connectivity index (χ3v) is 0.529. The molecular weight excluding hydrogens is 130 g/mol. The van der Waals surface area contributed by atoms with Gasteiger partial charge >= 0.3 is 0 Å². The first-order valence-corrected chi connectivity index (χ1v) is 2.68. The van der Waals surface area contributed by atoms with Crippen molar-refractivity contribution in [2.24, 2.45) is 0 Å². The van der Waals surface area contributed by atoms with Gasteiger partial charge in [0, 0.05) is 0 Å². The normalized spacial score (nSPS) is 7.30. The largest absolute Gasteiger partial charge is 0.392 e. The Morgan fingerprint density at radius 3 is 1.60 bits per heavy atom. The molecule has 0 aliphatic rings. The predicted octanol–water partition coefficient (Wildman–Crippen LogP) is 0.0363. The quantitative estimate of drug-likeness (QED) is 0.558. The van der Waals surface area contributed by atoms with Gasteiger partial charge in [0.25, 0.3) is 0 Å².